The van der Waals surface area contributed by atoms with Crippen molar-refractivity contribution >= 4 is 23.9 Å². The lowest BCUT2D eigenvalue weighted by Crippen LogP contribution is -2.32. The van der Waals surface area contributed by atoms with Crippen LogP contribution in [0, 0.1) is 5.92 Å². The number of hydrogen-bond donors (Lipinski definition) is 0. The van der Waals surface area contributed by atoms with E-state index in [-0.39, 0.29) is 31.3 Å². The lowest BCUT2D eigenvalue weighted by molar-refractivity contribution is -0.177. The van der Waals surface area contributed by atoms with E-state index in [2.05, 4.69) is 4.84 Å². The Labute approximate surface area is 168 Å². The van der Waals surface area contributed by atoms with E-state index in [1.165, 1.54) is 0 Å². The highest BCUT2D eigenvalue weighted by molar-refractivity contribution is 6.01. The van der Waals surface area contributed by atoms with Gasteiger partial charge in [-0.05, 0) is 30.5 Å². The SMILES string of the molecule is CCCOCCC(C)C(=O)Oc1ccc(COC(=O)ON2C(=O)CCC2=O)cc1. The van der Waals surface area contributed by atoms with Gasteiger partial charge in [0.2, 0.25) is 0 Å². The van der Waals surface area contributed by atoms with Gasteiger partial charge in [0.05, 0.1) is 5.92 Å². The molecule has 0 saturated carbocycles. The maximum Gasteiger partial charge on any atom is 0.534 e. The highest BCUT2D eigenvalue weighted by Crippen LogP contribution is 2.17. The van der Waals surface area contributed by atoms with E-state index in [4.69, 9.17) is 14.2 Å². The highest BCUT2D eigenvalue weighted by atomic mass is 16.8. The standard InChI is InChI=1S/C20H25NO8/c1-3-11-26-12-10-14(2)19(24)28-16-6-4-15(5-7-16)13-27-20(25)29-21-17(22)8-9-18(21)23/h4-7,14H,3,8-13H2,1-2H3. The molecule has 9 heteroatoms. The van der Waals surface area contributed by atoms with Crippen LogP contribution in [0.3, 0.4) is 0 Å². The topological polar surface area (TPSA) is 108 Å². The van der Waals surface area contributed by atoms with Crippen LogP contribution in [0.1, 0.15) is 45.1 Å². The Morgan fingerprint density at radius 3 is 2.34 bits per heavy atom. The third-order valence-corrected chi connectivity index (χ3v) is 4.12. The lowest BCUT2D eigenvalue weighted by Gasteiger charge is -2.13. The zero-order valence-electron chi connectivity index (χ0n) is 16.5. The Hall–Kier alpha value is -2.94. The molecule has 0 radical (unpaired) electrons. The van der Waals surface area contributed by atoms with Crippen LogP contribution in [0.25, 0.3) is 0 Å². The first-order valence-electron chi connectivity index (χ1n) is 9.49. The van der Waals surface area contributed by atoms with Gasteiger partial charge in [0, 0.05) is 26.1 Å². The molecule has 1 aliphatic heterocycles. The van der Waals surface area contributed by atoms with Crippen molar-refractivity contribution in [3.8, 4) is 5.75 Å². The summed E-state index contributed by atoms with van der Waals surface area (Å²) in [6.07, 6.45) is 0.381. The fraction of sp³-hybridized carbons (Fsp3) is 0.500. The molecule has 1 aromatic rings. The number of hydroxylamine groups is 2. The number of rotatable bonds is 10. The molecule has 1 fully saturated rings. The Kier molecular flexibility index (Phi) is 8.60. The normalized spacial score (nSPS) is 14.6. The number of carbonyl (C=O) groups excluding carboxylic acids is 4. The summed E-state index contributed by atoms with van der Waals surface area (Å²) in [5.74, 6) is -1.43. The molecular weight excluding hydrogens is 382 g/mol. The molecule has 0 spiro atoms. The summed E-state index contributed by atoms with van der Waals surface area (Å²) in [7, 11) is 0. The Morgan fingerprint density at radius 2 is 1.72 bits per heavy atom. The third-order valence-electron chi connectivity index (χ3n) is 4.12. The average Bonchev–Trinajstić information content (AvgIpc) is 3.02. The number of hydrogen-bond acceptors (Lipinski definition) is 8. The Bertz CT molecular complexity index is 715. The van der Waals surface area contributed by atoms with Crippen molar-refractivity contribution in [1.82, 2.24) is 5.06 Å². The van der Waals surface area contributed by atoms with E-state index in [0.717, 1.165) is 6.42 Å². The minimum Gasteiger partial charge on any atom is -0.428 e. The number of benzene rings is 1. The van der Waals surface area contributed by atoms with Gasteiger partial charge >= 0.3 is 12.1 Å². The Morgan fingerprint density at radius 1 is 1.07 bits per heavy atom. The van der Waals surface area contributed by atoms with Gasteiger partial charge in [0.25, 0.3) is 11.8 Å². The monoisotopic (exact) mass is 407 g/mol. The van der Waals surface area contributed by atoms with Gasteiger partial charge in [-0.25, -0.2) is 4.79 Å². The van der Waals surface area contributed by atoms with Crippen molar-refractivity contribution in [2.45, 2.75) is 46.1 Å². The number of imide groups is 1. The minimum atomic E-state index is -1.15. The second-order valence-electron chi connectivity index (χ2n) is 6.58. The summed E-state index contributed by atoms with van der Waals surface area (Å²) < 4.78 is 15.6. The van der Waals surface area contributed by atoms with Gasteiger partial charge in [-0.2, -0.15) is 0 Å². The van der Waals surface area contributed by atoms with Crippen LogP contribution in [0.5, 0.6) is 5.75 Å². The highest BCUT2D eigenvalue weighted by Gasteiger charge is 2.33. The molecule has 158 valence electrons. The van der Waals surface area contributed by atoms with Gasteiger partial charge < -0.3 is 14.2 Å². The van der Waals surface area contributed by atoms with Crippen LogP contribution in [-0.2, 0) is 35.3 Å². The molecule has 0 aromatic heterocycles. The number of esters is 1. The van der Waals surface area contributed by atoms with E-state index >= 15 is 0 Å². The molecule has 0 bridgehead atoms. The Balaban J connectivity index is 1.73. The molecule has 1 aromatic carbocycles. The van der Waals surface area contributed by atoms with Crippen LogP contribution in [0.15, 0.2) is 24.3 Å². The quantitative estimate of drug-likeness (QED) is 0.252. The molecule has 29 heavy (non-hydrogen) atoms. The summed E-state index contributed by atoms with van der Waals surface area (Å²) in [6.45, 7) is 4.84. The summed E-state index contributed by atoms with van der Waals surface area (Å²) in [5, 5.41) is 0.416. The third kappa shape index (κ3) is 7.19. The molecule has 1 atom stereocenters. The van der Waals surface area contributed by atoms with E-state index in [1.54, 1.807) is 31.2 Å². The van der Waals surface area contributed by atoms with Gasteiger partial charge in [0.1, 0.15) is 12.4 Å². The zero-order valence-corrected chi connectivity index (χ0v) is 16.5. The van der Waals surface area contributed by atoms with Crippen molar-refractivity contribution in [2.75, 3.05) is 13.2 Å². The number of carbonyl (C=O) groups is 4. The molecule has 9 nitrogen and oxygen atoms in total. The molecule has 2 rings (SSSR count). The van der Waals surface area contributed by atoms with Crippen LogP contribution in [-0.4, -0.2) is 42.2 Å². The first-order chi connectivity index (χ1) is 13.9. The largest absolute Gasteiger partial charge is 0.534 e. The maximum absolute atomic E-state index is 12.1. The average molecular weight is 407 g/mol. The molecule has 1 unspecified atom stereocenters. The summed E-state index contributed by atoms with van der Waals surface area (Å²) >= 11 is 0. The van der Waals surface area contributed by atoms with E-state index in [9.17, 15) is 19.2 Å². The van der Waals surface area contributed by atoms with Crippen molar-refractivity contribution in [1.29, 1.82) is 0 Å². The number of nitrogens with zero attached hydrogens (tertiary/aromatic N) is 1. The van der Waals surface area contributed by atoms with Gasteiger partial charge in [-0.15, -0.1) is 0 Å². The second kappa shape index (κ2) is 11.2. The molecule has 0 N–H and O–H groups in total. The molecule has 1 saturated heterocycles. The lowest BCUT2D eigenvalue weighted by atomic mass is 10.1. The summed E-state index contributed by atoms with van der Waals surface area (Å²) in [6, 6.07) is 6.40. The van der Waals surface area contributed by atoms with Crippen molar-refractivity contribution in [3.05, 3.63) is 29.8 Å². The van der Waals surface area contributed by atoms with E-state index < -0.39 is 18.0 Å². The first-order valence-corrected chi connectivity index (χ1v) is 9.49. The predicted octanol–water partition coefficient (Wildman–Crippen LogP) is 2.76. The molecule has 0 aliphatic carbocycles. The fourth-order valence-electron chi connectivity index (χ4n) is 2.40. The molecule has 1 aliphatic rings. The maximum atomic E-state index is 12.1. The number of amides is 2. The van der Waals surface area contributed by atoms with Crippen LogP contribution in [0.4, 0.5) is 4.79 Å². The molecule has 1 heterocycles. The van der Waals surface area contributed by atoms with Gasteiger partial charge in [-0.1, -0.05) is 31.0 Å². The fourth-order valence-corrected chi connectivity index (χ4v) is 2.40. The molecular formula is C20H25NO8. The smallest absolute Gasteiger partial charge is 0.428 e. The second-order valence-corrected chi connectivity index (χ2v) is 6.58. The number of ether oxygens (including phenoxy) is 3. The van der Waals surface area contributed by atoms with Crippen LogP contribution >= 0.6 is 0 Å². The molecule has 2 amide bonds. The predicted molar refractivity (Wildman–Crippen MR) is 99.3 cm³/mol. The van der Waals surface area contributed by atoms with Crippen molar-refractivity contribution < 1.29 is 38.2 Å². The van der Waals surface area contributed by atoms with Gasteiger partial charge in [-0.3, -0.25) is 19.2 Å². The zero-order chi connectivity index (χ0) is 21.2. The van der Waals surface area contributed by atoms with Crippen LogP contribution < -0.4 is 4.74 Å². The van der Waals surface area contributed by atoms with Crippen molar-refractivity contribution in [2.24, 2.45) is 5.92 Å². The van der Waals surface area contributed by atoms with Crippen LogP contribution in [0.2, 0.25) is 0 Å². The summed E-state index contributed by atoms with van der Waals surface area (Å²) in [5.41, 5.74) is 0.613. The van der Waals surface area contributed by atoms with Gasteiger partial charge in [0.15, 0.2) is 0 Å². The summed E-state index contributed by atoms with van der Waals surface area (Å²) in [4.78, 5) is 51.0. The van der Waals surface area contributed by atoms with E-state index in [1.807, 2.05) is 6.92 Å². The minimum absolute atomic E-state index is 0.0106. The van der Waals surface area contributed by atoms with E-state index in [0.29, 0.717) is 36.0 Å². The van der Waals surface area contributed by atoms with Crippen molar-refractivity contribution in [3.63, 3.8) is 0 Å². The first kappa shape index (κ1) is 22.4.